The first-order valence-corrected chi connectivity index (χ1v) is 5.35. The van der Waals surface area contributed by atoms with Crippen molar-refractivity contribution in [3.05, 3.63) is 40.1 Å². The first-order valence-electron chi connectivity index (χ1n) is 5.35. The predicted octanol–water partition coefficient (Wildman–Crippen LogP) is 1.17. The number of aromatic nitrogens is 1. The number of guanidine groups is 1. The van der Waals surface area contributed by atoms with Crippen molar-refractivity contribution in [2.45, 2.75) is 0 Å². The van der Waals surface area contributed by atoms with Gasteiger partial charge in [-0.25, -0.2) is 0 Å². The normalized spacial score (nSPS) is 10.9. The van der Waals surface area contributed by atoms with Crippen molar-refractivity contribution in [1.29, 1.82) is 0 Å². The molecule has 0 atom stereocenters. The largest absolute Gasteiger partial charge is 0.370 e. The van der Waals surface area contributed by atoms with Crippen molar-refractivity contribution in [1.82, 2.24) is 10.3 Å². The van der Waals surface area contributed by atoms with Crippen LogP contribution in [0.25, 0.3) is 10.9 Å². The van der Waals surface area contributed by atoms with Crippen molar-refractivity contribution in [3.63, 3.8) is 0 Å². The Bertz CT molecular complexity index is 694. The molecule has 106 valence electrons. The fourth-order valence-electron chi connectivity index (χ4n) is 1.63. The third kappa shape index (κ3) is 2.86. The molecule has 2 aromatic rings. The van der Waals surface area contributed by atoms with E-state index in [4.69, 9.17) is 5.73 Å². The lowest BCUT2D eigenvalue weighted by atomic mass is 10.2. The molecule has 4 N–H and O–H groups in total. The van der Waals surface area contributed by atoms with Crippen molar-refractivity contribution in [2.75, 3.05) is 7.05 Å². The van der Waals surface area contributed by atoms with E-state index in [1.165, 1.54) is 19.2 Å². The molecular weight excluding hydrogens is 286 g/mol. The van der Waals surface area contributed by atoms with Crippen molar-refractivity contribution in [2.24, 2.45) is 10.7 Å². The van der Waals surface area contributed by atoms with Crippen LogP contribution in [0.5, 0.6) is 0 Å². The molecule has 0 saturated carbocycles. The molecular formula is C11H12ClN5O3. The monoisotopic (exact) mass is 297 g/mol. The van der Waals surface area contributed by atoms with Crippen molar-refractivity contribution >= 4 is 40.9 Å². The van der Waals surface area contributed by atoms with Crippen LogP contribution in [-0.2, 0) is 0 Å². The lowest BCUT2D eigenvalue weighted by molar-refractivity contribution is -0.383. The Morgan fingerprint density at radius 3 is 2.80 bits per heavy atom. The molecule has 20 heavy (non-hydrogen) atoms. The number of aromatic amines is 1. The summed E-state index contributed by atoms with van der Waals surface area (Å²) in [5.41, 5.74) is 5.71. The maximum Gasteiger partial charge on any atom is 0.296 e. The van der Waals surface area contributed by atoms with Crippen LogP contribution in [0.3, 0.4) is 0 Å². The van der Waals surface area contributed by atoms with Crippen LogP contribution >= 0.6 is 12.4 Å². The van der Waals surface area contributed by atoms with E-state index in [0.717, 1.165) is 0 Å². The predicted molar refractivity (Wildman–Crippen MR) is 77.2 cm³/mol. The molecule has 0 radical (unpaired) electrons. The Morgan fingerprint density at radius 2 is 2.20 bits per heavy atom. The number of carbonyl (C=O) groups is 1. The highest BCUT2D eigenvalue weighted by atomic mass is 35.5. The number of nitrogens with one attached hydrogen (secondary N) is 2. The zero-order valence-corrected chi connectivity index (χ0v) is 11.2. The molecule has 1 heterocycles. The molecule has 1 aromatic heterocycles. The number of benzene rings is 1. The number of hydrogen-bond donors (Lipinski definition) is 3. The van der Waals surface area contributed by atoms with Gasteiger partial charge in [-0.2, -0.15) is 4.99 Å². The number of non-ortho nitro benzene ring substituents is 1. The first kappa shape index (κ1) is 15.4. The van der Waals surface area contributed by atoms with Gasteiger partial charge in [0.05, 0.1) is 4.92 Å². The fraction of sp³-hybridized carbons (Fsp3) is 0.0909. The second-order valence-electron chi connectivity index (χ2n) is 3.73. The minimum atomic E-state index is -0.600. The highest BCUT2D eigenvalue weighted by molar-refractivity contribution is 6.04. The topological polar surface area (TPSA) is 126 Å². The Morgan fingerprint density at radius 1 is 1.50 bits per heavy atom. The number of nitro benzene ring substituents is 1. The number of nitro groups is 1. The molecule has 8 nitrogen and oxygen atoms in total. The molecule has 0 aliphatic carbocycles. The van der Waals surface area contributed by atoms with E-state index in [0.29, 0.717) is 5.39 Å². The van der Waals surface area contributed by atoms with Gasteiger partial charge >= 0.3 is 0 Å². The van der Waals surface area contributed by atoms with E-state index in [-0.39, 0.29) is 35.3 Å². The highest BCUT2D eigenvalue weighted by Gasteiger charge is 2.16. The SMILES string of the molecule is CNC(N)=NC(=O)c1cc2cccc([N+](=O)[O-])c2[nH]1.Cl. The van der Waals surface area contributed by atoms with E-state index in [9.17, 15) is 14.9 Å². The zero-order chi connectivity index (χ0) is 14.0. The molecule has 0 spiro atoms. The van der Waals surface area contributed by atoms with Gasteiger partial charge in [0.15, 0.2) is 5.96 Å². The van der Waals surface area contributed by atoms with Gasteiger partial charge in [0, 0.05) is 18.5 Å². The zero-order valence-electron chi connectivity index (χ0n) is 10.4. The number of fused-ring (bicyclic) bond motifs is 1. The average molecular weight is 298 g/mol. The number of nitrogens with two attached hydrogens (primary N) is 1. The van der Waals surface area contributed by atoms with E-state index >= 15 is 0 Å². The Hall–Kier alpha value is -2.61. The van der Waals surface area contributed by atoms with Crippen LogP contribution in [0.15, 0.2) is 29.3 Å². The summed E-state index contributed by atoms with van der Waals surface area (Å²) in [5.74, 6) is -0.629. The van der Waals surface area contributed by atoms with E-state index < -0.39 is 10.8 Å². The molecule has 9 heteroatoms. The molecule has 0 aliphatic heterocycles. The van der Waals surface area contributed by atoms with Crippen LogP contribution in [-0.4, -0.2) is 28.8 Å². The van der Waals surface area contributed by atoms with Gasteiger partial charge in [0.25, 0.3) is 11.6 Å². The van der Waals surface area contributed by atoms with Gasteiger partial charge in [-0.1, -0.05) is 12.1 Å². The first-order chi connectivity index (χ1) is 9.02. The van der Waals surface area contributed by atoms with Crippen LogP contribution in [0.4, 0.5) is 5.69 Å². The maximum absolute atomic E-state index is 11.8. The fourth-order valence-corrected chi connectivity index (χ4v) is 1.63. The van der Waals surface area contributed by atoms with Gasteiger partial charge in [0.2, 0.25) is 0 Å². The van der Waals surface area contributed by atoms with Crippen LogP contribution in [0.2, 0.25) is 0 Å². The standard InChI is InChI=1S/C11H11N5O3.ClH/c1-13-11(12)15-10(17)7-5-6-3-2-4-8(16(18)19)9(6)14-7;/h2-5,14H,1H3,(H3,12,13,15,17);1H. The van der Waals surface area contributed by atoms with Gasteiger partial charge in [-0.05, 0) is 6.07 Å². The third-order valence-corrected chi connectivity index (χ3v) is 2.54. The van der Waals surface area contributed by atoms with E-state index in [1.54, 1.807) is 12.1 Å². The van der Waals surface area contributed by atoms with Crippen molar-refractivity contribution in [3.8, 4) is 0 Å². The summed E-state index contributed by atoms with van der Waals surface area (Å²) >= 11 is 0. The summed E-state index contributed by atoms with van der Waals surface area (Å²) in [6, 6.07) is 6.07. The van der Waals surface area contributed by atoms with E-state index in [2.05, 4.69) is 15.3 Å². The quantitative estimate of drug-likeness (QED) is 0.332. The summed E-state index contributed by atoms with van der Waals surface area (Å²) in [6.07, 6.45) is 0. The number of halogens is 1. The minimum absolute atomic E-state index is 0. The van der Waals surface area contributed by atoms with Gasteiger partial charge in [-0.15, -0.1) is 12.4 Å². The number of rotatable bonds is 2. The number of aliphatic imine (C=N–C) groups is 1. The molecule has 2 rings (SSSR count). The van der Waals surface area contributed by atoms with Gasteiger partial charge in [0.1, 0.15) is 11.2 Å². The Kier molecular flexibility index (Phi) is 4.65. The second-order valence-corrected chi connectivity index (χ2v) is 3.73. The number of para-hydroxylation sites is 1. The molecule has 0 aliphatic rings. The molecule has 0 fully saturated rings. The number of carbonyl (C=O) groups excluding carboxylic acids is 1. The summed E-state index contributed by atoms with van der Waals surface area (Å²) in [7, 11) is 1.53. The van der Waals surface area contributed by atoms with Crippen molar-refractivity contribution < 1.29 is 9.72 Å². The van der Waals surface area contributed by atoms with Gasteiger partial charge in [-0.3, -0.25) is 14.9 Å². The summed E-state index contributed by atoms with van der Waals surface area (Å²) < 4.78 is 0. The van der Waals surface area contributed by atoms with Gasteiger partial charge < -0.3 is 16.0 Å². The molecule has 0 bridgehead atoms. The lowest BCUT2D eigenvalue weighted by Gasteiger charge is -1.95. The summed E-state index contributed by atoms with van der Waals surface area (Å²) in [4.78, 5) is 28.4. The molecule has 0 unspecified atom stereocenters. The molecule has 1 aromatic carbocycles. The number of hydrogen-bond acceptors (Lipinski definition) is 3. The number of H-pyrrole nitrogens is 1. The second kappa shape index (κ2) is 6.02. The van der Waals surface area contributed by atoms with Crippen LogP contribution in [0, 0.1) is 10.1 Å². The number of nitrogens with zero attached hydrogens (tertiary/aromatic N) is 2. The van der Waals surface area contributed by atoms with Crippen LogP contribution in [0.1, 0.15) is 10.5 Å². The number of amides is 1. The molecule has 0 saturated heterocycles. The molecule has 1 amide bonds. The minimum Gasteiger partial charge on any atom is -0.370 e. The average Bonchev–Trinajstić information content (AvgIpc) is 2.81. The highest BCUT2D eigenvalue weighted by Crippen LogP contribution is 2.25. The summed E-state index contributed by atoms with van der Waals surface area (Å²) in [6.45, 7) is 0. The Labute approximate surface area is 119 Å². The maximum atomic E-state index is 11.8. The van der Waals surface area contributed by atoms with E-state index in [1.807, 2.05) is 0 Å². The summed E-state index contributed by atoms with van der Waals surface area (Å²) in [5, 5.41) is 13.9. The smallest absolute Gasteiger partial charge is 0.296 e. The Balaban J connectivity index is 0.00000200. The third-order valence-electron chi connectivity index (χ3n) is 2.54. The van der Waals surface area contributed by atoms with Crippen LogP contribution < -0.4 is 11.1 Å². The lowest BCUT2D eigenvalue weighted by Crippen LogP contribution is -2.28.